The van der Waals surface area contributed by atoms with Crippen LogP contribution in [0.5, 0.6) is 0 Å². The normalized spacial score (nSPS) is 12.6. The Morgan fingerprint density at radius 3 is 2.71 bits per heavy atom. The highest BCUT2D eigenvalue weighted by Crippen LogP contribution is 2.23. The summed E-state index contributed by atoms with van der Waals surface area (Å²) in [7, 11) is 1.93. The van der Waals surface area contributed by atoms with Crippen molar-refractivity contribution in [3.05, 3.63) is 51.5 Å². The van der Waals surface area contributed by atoms with E-state index in [0.717, 1.165) is 28.8 Å². The number of hydrogen-bond donors (Lipinski definition) is 1. The molecule has 1 N–H and O–H groups in total. The van der Waals surface area contributed by atoms with Gasteiger partial charge in [0.2, 0.25) is 0 Å². The molecule has 21 heavy (non-hydrogen) atoms. The highest BCUT2D eigenvalue weighted by Gasteiger charge is 2.18. The highest BCUT2D eigenvalue weighted by atomic mass is 79.9. The topological polar surface area (TPSA) is 29.9 Å². The van der Waals surface area contributed by atoms with Crippen LogP contribution in [0.2, 0.25) is 0 Å². The Labute approximate surface area is 133 Å². The molecule has 0 saturated heterocycles. The Kier molecular flexibility index (Phi) is 5.53. The van der Waals surface area contributed by atoms with Crippen LogP contribution in [0, 0.1) is 12.7 Å². The molecule has 0 aliphatic rings. The van der Waals surface area contributed by atoms with Crippen LogP contribution in [-0.4, -0.2) is 16.3 Å². The highest BCUT2D eigenvalue weighted by molar-refractivity contribution is 9.10. The molecule has 3 nitrogen and oxygen atoms in total. The second-order valence-corrected chi connectivity index (χ2v) is 6.20. The molecule has 1 atom stereocenters. The molecule has 5 heteroatoms. The number of rotatable bonds is 6. The van der Waals surface area contributed by atoms with Crippen molar-refractivity contribution in [1.82, 2.24) is 15.1 Å². The van der Waals surface area contributed by atoms with Gasteiger partial charge in [-0.05, 0) is 50.1 Å². The van der Waals surface area contributed by atoms with Crippen molar-refractivity contribution in [2.75, 3.05) is 6.54 Å². The standard InChI is InChI=1S/C16H21BrFN3/c1-4-7-19-15(16-8-11(2)20-21(16)3)9-12-5-6-13(17)10-14(12)18/h5-6,8,10,15,19H,4,7,9H2,1-3H3. The number of benzene rings is 1. The molecule has 1 aromatic heterocycles. The summed E-state index contributed by atoms with van der Waals surface area (Å²) in [5.74, 6) is -0.174. The van der Waals surface area contributed by atoms with Gasteiger partial charge >= 0.3 is 0 Å². The molecule has 0 radical (unpaired) electrons. The molecule has 2 rings (SSSR count). The Hall–Kier alpha value is -1.20. The molecule has 0 spiro atoms. The summed E-state index contributed by atoms with van der Waals surface area (Å²) >= 11 is 3.29. The quantitative estimate of drug-likeness (QED) is 0.852. The summed E-state index contributed by atoms with van der Waals surface area (Å²) in [6, 6.07) is 7.35. The Morgan fingerprint density at radius 1 is 1.38 bits per heavy atom. The molecule has 2 aromatic rings. The van der Waals surface area contributed by atoms with Crippen LogP contribution in [0.3, 0.4) is 0 Å². The minimum absolute atomic E-state index is 0.0619. The third-order valence-electron chi connectivity index (χ3n) is 3.48. The van der Waals surface area contributed by atoms with Gasteiger partial charge in [0.15, 0.2) is 0 Å². The van der Waals surface area contributed by atoms with E-state index in [0.29, 0.717) is 12.0 Å². The maximum Gasteiger partial charge on any atom is 0.127 e. The SMILES string of the molecule is CCCNC(Cc1ccc(Br)cc1F)c1cc(C)nn1C. The fraction of sp³-hybridized carbons (Fsp3) is 0.438. The number of halogens is 2. The van der Waals surface area contributed by atoms with Gasteiger partial charge in [-0.2, -0.15) is 5.10 Å². The first-order valence-corrected chi connectivity index (χ1v) is 7.98. The molecule has 1 heterocycles. The molecule has 0 aliphatic carbocycles. The lowest BCUT2D eigenvalue weighted by Crippen LogP contribution is -2.26. The van der Waals surface area contributed by atoms with Crippen LogP contribution < -0.4 is 5.32 Å². The predicted molar refractivity (Wildman–Crippen MR) is 86.8 cm³/mol. The lowest BCUT2D eigenvalue weighted by Gasteiger charge is -2.19. The summed E-state index contributed by atoms with van der Waals surface area (Å²) in [5, 5.41) is 7.88. The fourth-order valence-electron chi connectivity index (χ4n) is 2.46. The smallest absolute Gasteiger partial charge is 0.127 e. The molecule has 0 fully saturated rings. The second-order valence-electron chi connectivity index (χ2n) is 5.28. The Balaban J connectivity index is 2.26. The van der Waals surface area contributed by atoms with Crippen molar-refractivity contribution >= 4 is 15.9 Å². The zero-order valence-electron chi connectivity index (χ0n) is 12.7. The summed E-state index contributed by atoms with van der Waals surface area (Å²) in [5.41, 5.74) is 2.78. The summed E-state index contributed by atoms with van der Waals surface area (Å²) in [4.78, 5) is 0. The van der Waals surface area contributed by atoms with E-state index in [9.17, 15) is 4.39 Å². The monoisotopic (exact) mass is 353 g/mol. The van der Waals surface area contributed by atoms with E-state index in [4.69, 9.17) is 0 Å². The van der Waals surface area contributed by atoms with Gasteiger partial charge < -0.3 is 5.32 Å². The summed E-state index contributed by atoms with van der Waals surface area (Å²) in [6.07, 6.45) is 1.65. The van der Waals surface area contributed by atoms with Crippen molar-refractivity contribution in [2.24, 2.45) is 7.05 Å². The van der Waals surface area contributed by atoms with Crippen LogP contribution in [0.15, 0.2) is 28.7 Å². The third kappa shape index (κ3) is 4.14. The first-order valence-electron chi connectivity index (χ1n) is 7.19. The van der Waals surface area contributed by atoms with E-state index in [1.165, 1.54) is 6.07 Å². The molecule has 114 valence electrons. The van der Waals surface area contributed by atoms with Crippen LogP contribution in [0.4, 0.5) is 4.39 Å². The van der Waals surface area contributed by atoms with Crippen molar-refractivity contribution in [1.29, 1.82) is 0 Å². The predicted octanol–water partition coefficient (Wildman–Crippen LogP) is 3.91. The molecular formula is C16H21BrFN3. The van der Waals surface area contributed by atoms with Crippen LogP contribution in [0.1, 0.15) is 36.3 Å². The molecule has 0 saturated carbocycles. The van der Waals surface area contributed by atoms with E-state index < -0.39 is 0 Å². The number of hydrogen-bond acceptors (Lipinski definition) is 2. The number of aromatic nitrogens is 2. The Morgan fingerprint density at radius 2 is 2.14 bits per heavy atom. The number of nitrogens with zero attached hydrogens (tertiary/aromatic N) is 2. The van der Waals surface area contributed by atoms with Gasteiger partial charge in [-0.3, -0.25) is 4.68 Å². The first kappa shape index (κ1) is 16.2. The zero-order valence-corrected chi connectivity index (χ0v) is 14.2. The van der Waals surface area contributed by atoms with E-state index in [2.05, 4.69) is 39.3 Å². The van der Waals surface area contributed by atoms with Gasteiger partial charge in [0, 0.05) is 11.5 Å². The van der Waals surface area contributed by atoms with Gasteiger partial charge in [0.1, 0.15) is 5.82 Å². The van der Waals surface area contributed by atoms with Gasteiger partial charge in [0.05, 0.1) is 17.4 Å². The first-order chi connectivity index (χ1) is 10.0. The molecule has 0 amide bonds. The molecule has 0 aliphatic heterocycles. The summed E-state index contributed by atoms with van der Waals surface area (Å²) in [6.45, 7) is 4.99. The van der Waals surface area contributed by atoms with E-state index in [1.807, 2.05) is 30.8 Å². The van der Waals surface area contributed by atoms with Crippen LogP contribution >= 0.6 is 15.9 Å². The number of nitrogens with one attached hydrogen (secondary N) is 1. The lowest BCUT2D eigenvalue weighted by atomic mass is 10.0. The summed E-state index contributed by atoms with van der Waals surface area (Å²) < 4.78 is 16.7. The minimum Gasteiger partial charge on any atom is -0.308 e. The van der Waals surface area contributed by atoms with E-state index >= 15 is 0 Å². The largest absolute Gasteiger partial charge is 0.308 e. The Bertz CT molecular complexity index is 610. The zero-order chi connectivity index (χ0) is 15.4. The molecule has 1 aromatic carbocycles. The van der Waals surface area contributed by atoms with Crippen LogP contribution in [0.25, 0.3) is 0 Å². The van der Waals surface area contributed by atoms with Crippen molar-refractivity contribution in [2.45, 2.75) is 32.7 Å². The van der Waals surface area contributed by atoms with Crippen LogP contribution in [-0.2, 0) is 13.5 Å². The van der Waals surface area contributed by atoms with Gasteiger partial charge in [0.25, 0.3) is 0 Å². The van der Waals surface area contributed by atoms with Crippen molar-refractivity contribution in [3.8, 4) is 0 Å². The van der Waals surface area contributed by atoms with Gasteiger partial charge in [-0.25, -0.2) is 4.39 Å². The van der Waals surface area contributed by atoms with E-state index in [1.54, 1.807) is 0 Å². The average Bonchev–Trinajstić information content (AvgIpc) is 2.76. The van der Waals surface area contributed by atoms with Crippen molar-refractivity contribution < 1.29 is 4.39 Å². The molecule has 0 bridgehead atoms. The van der Waals surface area contributed by atoms with Gasteiger partial charge in [-0.15, -0.1) is 0 Å². The van der Waals surface area contributed by atoms with E-state index in [-0.39, 0.29) is 11.9 Å². The number of aryl methyl sites for hydroxylation is 2. The molecule has 1 unspecified atom stereocenters. The van der Waals surface area contributed by atoms with Crippen molar-refractivity contribution in [3.63, 3.8) is 0 Å². The maximum atomic E-state index is 14.1. The second kappa shape index (κ2) is 7.18. The third-order valence-corrected chi connectivity index (χ3v) is 3.97. The lowest BCUT2D eigenvalue weighted by molar-refractivity contribution is 0.482. The molecular weight excluding hydrogens is 333 g/mol. The van der Waals surface area contributed by atoms with Gasteiger partial charge in [-0.1, -0.05) is 28.9 Å². The fourth-order valence-corrected chi connectivity index (χ4v) is 2.80. The minimum atomic E-state index is -0.174. The maximum absolute atomic E-state index is 14.1. The average molecular weight is 354 g/mol.